The number of benzene rings is 1. The standard InChI is InChI=1S/C11H8F3N3O2/c1-17-9(6-15-16-17)10(18)7-2-4-8(5-3-7)19-11(12,13)14/h2-6H,1H3. The Bertz CT molecular complexity index is 590. The van der Waals surface area contributed by atoms with E-state index in [1.165, 1.54) is 23.0 Å². The van der Waals surface area contributed by atoms with Crippen LogP contribution in [0.2, 0.25) is 0 Å². The van der Waals surface area contributed by atoms with Crippen molar-refractivity contribution in [2.24, 2.45) is 7.05 Å². The van der Waals surface area contributed by atoms with E-state index in [2.05, 4.69) is 15.0 Å². The molecule has 0 spiro atoms. The largest absolute Gasteiger partial charge is 0.573 e. The Kier molecular flexibility index (Phi) is 3.24. The van der Waals surface area contributed by atoms with E-state index in [4.69, 9.17) is 0 Å². The maximum absolute atomic E-state index is 12.0. The summed E-state index contributed by atoms with van der Waals surface area (Å²) in [4.78, 5) is 12.0. The van der Waals surface area contributed by atoms with E-state index in [-0.39, 0.29) is 22.8 Å². The number of carbonyl (C=O) groups is 1. The number of alkyl halides is 3. The van der Waals surface area contributed by atoms with Crippen molar-refractivity contribution >= 4 is 5.78 Å². The summed E-state index contributed by atoms with van der Waals surface area (Å²) >= 11 is 0. The lowest BCUT2D eigenvalue weighted by Crippen LogP contribution is -2.17. The zero-order valence-corrected chi connectivity index (χ0v) is 9.68. The number of nitrogens with zero attached hydrogens (tertiary/aromatic N) is 3. The maximum Gasteiger partial charge on any atom is 0.573 e. The third-order valence-electron chi connectivity index (χ3n) is 2.30. The van der Waals surface area contributed by atoms with Gasteiger partial charge in [-0.1, -0.05) is 5.21 Å². The highest BCUT2D eigenvalue weighted by atomic mass is 19.4. The van der Waals surface area contributed by atoms with Gasteiger partial charge in [-0.2, -0.15) is 0 Å². The molecule has 2 rings (SSSR count). The number of hydrogen-bond acceptors (Lipinski definition) is 4. The van der Waals surface area contributed by atoms with Crippen LogP contribution in [0.5, 0.6) is 5.75 Å². The summed E-state index contributed by atoms with van der Waals surface area (Å²) in [6, 6.07) is 4.64. The number of carbonyl (C=O) groups excluding carboxylic acids is 1. The van der Waals surface area contributed by atoms with Crippen molar-refractivity contribution in [1.82, 2.24) is 15.0 Å². The van der Waals surface area contributed by atoms with Crippen molar-refractivity contribution in [2.75, 3.05) is 0 Å². The minimum Gasteiger partial charge on any atom is -0.406 e. The Morgan fingerprint density at radius 3 is 2.37 bits per heavy atom. The lowest BCUT2D eigenvalue weighted by Gasteiger charge is -2.08. The Morgan fingerprint density at radius 1 is 1.26 bits per heavy atom. The zero-order chi connectivity index (χ0) is 14.0. The number of aryl methyl sites for hydroxylation is 1. The second kappa shape index (κ2) is 4.71. The Morgan fingerprint density at radius 2 is 1.89 bits per heavy atom. The molecule has 0 bridgehead atoms. The predicted octanol–water partition coefficient (Wildman–Crippen LogP) is 1.94. The fraction of sp³-hybridized carbons (Fsp3) is 0.182. The number of hydrogen-bond donors (Lipinski definition) is 0. The summed E-state index contributed by atoms with van der Waals surface area (Å²) in [6.07, 6.45) is -3.47. The monoisotopic (exact) mass is 271 g/mol. The molecule has 0 aliphatic carbocycles. The Hall–Kier alpha value is -2.38. The van der Waals surface area contributed by atoms with Gasteiger partial charge in [0.05, 0.1) is 6.20 Å². The van der Waals surface area contributed by atoms with Crippen molar-refractivity contribution in [1.29, 1.82) is 0 Å². The van der Waals surface area contributed by atoms with Crippen LogP contribution in [-0.2, 0) is 7.05 Å². The number of rotatable bonds is 3. The summed E-state index contributed by atoms with van der Waals surface area (Å²) in [5, 5.41) is 7.15. The van der Waals surface area contributed by atoms with Crippen LogP contribution in [0, 0.1) is 0 Å². The summed E-state index contributed by atoms with van der Waals surface area (Å²) in [7, 11) is 1.54. The lowest BCUT2D eigenvalue weighted by molar-refractivity contribution is -0.274. The predicted molar refractivity (Wildman–Crippen MR) is 57.6 cm³/mol. The average molecular weight is 271 g/mol. The highest BCUT2D eigenvalue weighted by Crippen LogP contribution is 2.23. The van der Waals surface area contributed by atoms with Gasteiger partial charge in [0, 0.05) is 12.6 Å². The summed E-state index contributed by atoms with van der Waals surface area (Å²) in [6.45, 7) is 0. The van der Waals surface area contributed by atoms with Crippen molar-refractivity contribution in [2.45, 2.75) is 6.36 Å². The van der Waals surface area contributed by atoms with Crippen LogP contribution in [-0.4, -0.2) is 27.1 Å². The molecule has 0 saturated heterocycles. The third-order valence-corrected chi connectivity index (χ3v) is 2.30. The van der Waals surface area contributed by atoms with Gasteiger partial charge in [0.15, 0.2) is 0 Å². The first kappa shape index (κ1) is 13.1. The van der Waals surface area contributed by atoms with Gasteiger partial charge in [0.1, 0.15) is 11.4 Å². The summed E-state index contributed by atoms with van der Waals surface area (Å²) < 4.78 is 40.9. The molecule has 1 aromatic carbocycles. The van der Waals surface area contributed by atoms with Crippen molar-refractivity contribution in [3.05, 3.63) is 41.7 Å². The molecule has 0 aliphatic heterocycles. The molecule has 100 valence electrons. The number of ether oxygens (including phenoxy) is 1. The summed E-state index contributed by atoms with van der Waals surface area (Å²) in [5.74, 6) is -0.766. The van der Waals surface area contributed by atoms with Gasteiger partial charge < -0.3 is 4.74 Å². The Labute approximate surface area is 105 Å². The smallest absolute Gasteiger partial charge is 0.406 e. The van der Waals surface area contributed by atoms with Gasteiger partial charge in [-0.3, -0.25) is 4.79 Å². The van der Waals surface area contributed by atoms with Gasteiger partial charge in [0.25, 0.3) is 0 Å². The maximum atomic E-state index is 12.0. The topological polar surface area (TPSA) is 57.0 Å². The molecule has 2 aromatic rings. The molecule has 1 aromatic heterocycles. The minimum atomic E-state index is -4.75. The normalized spacial score (nSPS) is 11.4. The van der Waals surface area contributed by atoms with Crippen LogP contribution in [0.1, 0.15) is 16.1 Å². The van der Waals surface area contributed by atoms with Gasteiger partial charge in [0.2, 0.25) is 5.78 Å². The molecule has 0 aliphatic rings. The van der Waals surface area contributed by atoms with Crippen LogP contribution in [0.25, 0.3) is 0 Å². The van der Waals surface area contributed by atoms with Crippen LogP contribution in [0.3, 0.4) is 0 Å². The van der Waals surface area contributed by atoms with Crippen LogP contribution in [0.4, 0.5) is 13.2 Å². The van der Waals surface area contributed by atoms with Gasteiger partial charge in [-0.15, -0.1) is 18.3 Å². The average Bonchev–Trinajstić information content (AvgIpc) is 2.73. The number of ketones is 1. The molecule has 5 nitrogen and oxygen atoms in total. The molecule has 0 unspecified atom stereocenters. The Balaban J connectivity index is 2.19. The summed E-state index contributed by atoms with van der Waals surface area (Å²) in [5.41, 5.74) is 0.462. The van der Waals surface area contributed by atoms with Crippen LogP contribution >= 0.6 is 0 Å². The molecule has 0 N–H and O–H groups in total. The van der Waals surface area contributed by atoms with E-state index in [0.717, 1.165) is 12.1 Å². The SMILES string of the molecule is Cn1nncc1C(=O)c1ccc(OC(F)(F)F)cc1. The lowest BCUT2D eigenvalue weighted by atomic mass is 10.1. The van der Waals surface area contributed by atoms with E-state index in [1.54, 1.807) is 7.05 Å². The second-order valence-electron chi connectivity index (χ2n) is 3.64. The third kappa shape index (κ3) is 3.09. The van der Waals surface area contributed by atoms with E-state index in [0.29, 0.717) is 0 Å². The molecule has 1 heterocycles. The molecule has 0 fully saturated rings. The fourth-order valence-corrected chi connectivity index (χ4v) is 1.45. The molecule has 8 heteroatoms. The molecule has 19 heavy (non-hydrogen) atoms. The van der Waals surface area contributed by atoms with Crippen molar-refractivity contribution in [3.8, 4) is 5.75 Å². The number of halogens is 3. The second-order valence-corrected chi connectivity index (χ2v) is 3.64. The minimum absolute atomic E-state index is 0.222. The first-order chi connectivity index (χ1) is 8.87. The molecule has 0 radical (unpaired) electrons. The van der Waals surface area contributed by atoms with E-state index < -0.39 is 6.36 Å². The van der Waals surface area contributed by atoms with E-state index in [1.807, 2.05) is 0 Å². The molecule has 0 amide bonds. The van der Waals surface area contributed by atoms with Crippen molar-refractivity contribution < 1.29 is 22.7 Å². The zero-order valence-electron chi connectivity index (χ0n) is 9.68. The quantitative estimate of drug-likeness (QED) is 0.800. The van der Waals surface area contributed by atoms with Crippen molar-refractivity contribution in [3.63, 3.8) is 0 Å². The first-order valence-electron chi connectivity index (χ1n) is 5.12. The highest BCUT2D eigenvalue weighted by Gasteiger charge is 2.31. The molecule has 0 saturated carbocycles. The van der Waals surface area contributed by atoms with Crippen LogP contribution in [0.15, 0.2) is 30.5 Å². The van der Waals surface area contributed by atoms with Gasteiger partial charge in [-0.25, -0.2) is 4.68 Å². The van der Waals surface area contributed by atoms with Gasteiger partial charge in [-0.05, 0) is 24.3 Å². The molecular formula is C11H8F3N3O2. The van der Waals surface area contributed by atoms with Crippen LogP contribution < -0.4 is 4.74 Å². The molecule has 0 atom stereocenters. The fourth-order valence-electron chi connectivity index (χ4n) is 1.45. The first-order valence-corrected chi connectivity index (χ1v) is 5.12. The van der Waals surface area contributed by atoms with Gasteiger partial charge >= 0.3 is 6.36 Å². The van der Waals surface area contributed by atoms with E-state index in [9.17, 15) is 18.0 Å². The molecular weight excluding hydrogens is 263 g/mol. The van der Waals surface area contributed by atoms with E-state index >= 15 is 0 Å². The number of aromatic nitrogens is 3. The highest BCUT2D eigenvalue weighted by molar-refractivity contribution is 6.07.